The fourth-order valence-electron chi connectivity index (χ4n) is 3.15. The molecule has 9 nitrogen and oxygen atoms in total. The van der Waals surface area contributed by atoms with Gasteiger partial charge in [0.05, 0.1) is 50.1 Å². The number of hydrogen-bond donors (Lipinski definition) is 1. The highest BCUT2D eigenvalue weighted by molar-refractivity contribution is 5.99. The molecule has 0 saturated carbocycles. The maximum absolute atomic E-state index is 12.9. The SMILES string of the molecule is COc1cc(C(=O)N2CCC[C@H]2CO)c([N+](=O)[O-])cc1OCCCOC(C)C. The summed E-state index contributed by atoms with van der Waals surface area (Å²) in [5.74, 6) is -0.0349. The molecule has 0 radical (unpaired) electrons. The van der Waals surface area contributed by atoms with E-state index in [4.69, 9.17) is 14.2 Å². The predicted molar refractivity (Wildman–Crippen MR) is 102 cm³/mol. The molecule has 1 aliphatic heterocycles. The van der Waals surface area contributed by atoms with Crippen molar-refractivity contribution in [3.8, 4) is 11.5 Å². The zero-order valence-corrected chi connectivity index (χ0v) is 16.6. The van der Waals surface area contributed by atoms with Gasteiger partial charge in [0.25, 0.3) is 11.6 Å². The number of amides is 1. The van der Waals surface area contributed by atoms with Gasteiger partial charge in [0, 0.05) is 19.0 Å². The van der Waals surface area contributed by atoms with Crippen molar-refractivity contribution >= 4 is 11.6 Å². The summed E-state index contributed by atoms with van der Waals surface area (Å²) in [5, 5.41) is 21.0. The molecule has 1 atom stereocenters. The Morgan fingerprint density at radius 3 is 2.71 bits per heavy atom. The van der Waals surface area contributed by atoms with Gasteiger partial charge in [-0.05, 0) is 26.7 Å². The van der Waals surface area contributed by atoms with Gasteiger partial charge >= 0.3 is 0 Å². The lowest BCUT2D eigenvalue weighted by molar-refractivity contribution is -0.385. The number of carbonyl (C=O) groups is 1. The number of ether oxygens (including phenoxy) is 3. The van der Waals surface area contributed by atoms with Crippen molar-refractivity contribution in [1.29, 1.82) is 0 Å². The average molecular weight is 396 g/mol. The van der Waals surface area contributed by atoms with Crippen LogP contribution in [-0.2, 0) is 4.74 Å². The third-order valence-electron chi connectivity index (χ3n) is 4.56. The van der Waals surface area contributed by atoms with Crippen LogP contribution in [-0.4, -0.2) is 66.5 Å². The van der Waals surface area contributed by atoms with E-state index in [2.05, 4.69) is 0 Å². The predicted octanol–water partition coefficient (Wildman–Crippen LogP) is 2.39. The summed E-state index contributed by atoms with van der Waals surface area (Å²) in [6.45, 7) is 4.96. The third-order valence-corrected chi connectivity index (χ3v) is 4.56. The van der Waals surface area contributed by atoms with E-state index in [1.165, 1.54) is 24.1 Å². The van der Waals surface area contributed by atoms with Crippen LogP contribution in [0.5, 0.6) is 11.5 Å². The van der Waals surface area contributed by atoms with E-state index in [1.807, 2.05) is 13.8 Å². The summed E-state index contributed by atoms with van der Waals surface area (Å²) in [4.78, 5) is 25.3. The molecule has 1 aliphatic rings. The van der Waals surface area contributed by atoms with Gasteiger partial charge in [-0.3, -0.25) is 14.9 Å². The quantitative estimate of drug-likeness (QED) is 0.367. The molecule has 1 fully saturated rings. The van der Waals surface area contributed by atoms with Gasteiger partial charge in [0.15, 0.2) is 11.5 Å². The molecule has 0 bridgehead atoms. The number of methoxy groups -OCH3 is 1. The van der Waals surface area contributed by atoms with Gasteiger partial charge in [-0.25, -0.2) is 0 Å². The van der Waals surface area contributed by atoms with E-state index in [0.29, 0.717) is 32.6 Å². The number of aliphatic hydroxyl groups excluding tert-OH is 1. The number of nitro groups is 1. The van der Waals surface area contributed by atoms with Gasteiger partial charge in [-0.15, -0.1) is 0 Å². The number of benzene rings is 1. The third kappa shape index (κ3) is 5.32. The summed E-state index contributed by atoms with van der Waals surface area (Å²) in [6.07, 6.45) is 2.16. The smallest absolute Gasteiger partial charge is 0.286 e. The number of nitrogens with zero attached hydrogens (tertiary/aromatic N) is 2. The first kappa shape index (κ1) is 21.9. The topological polar surface area (TPSA) is 111 Å². The molecule has 28 heavy (non-hydrogen) atoms. The molecule has 9 heteroatoms. The monoisotopic (exact) mass is 396 g/mol. The highest BCUT2D eigenvalue weighted by Gasteiger charge is 2.33. The van der Waals surface area contributed by atoms with Gasteiger partial charge < -0.3 is 24.2 Å². The summed E-state index contributed by atoms with van der Waals surface area (Å²) in [5.41, 5.74) is -0.416. The zero-order valence-electron chi connectivity index (χ0n) is 16.6. The van der Waals surface area contributed by atoms with Crippen LogP contribution in [0.4, 0.5) is 5.69 Å². The van der Waals surface area contributed by atoms with E-state index >= 15 is 0 Å². The van der Waals surface area contributed by atoms with Crippen molar-refractivity contribution < 1.29 is 29.0 Å². The van der Waals surface area contributed by atoms with Crippen LogP contribution < -0.4 is 9.47 Å². The van der Waals surface area contributed by atoms with Crippen molar-refractivity contribution in [3.05, 3.63) is 27.8 Å². The van der Waals surface area contributed by atoms with Crippen LogP contribution >= 0.6 is 0 Å². The van der Waals surface area contributed by atoms with Gasteiger partial charge in [0.2, 0.25) is 0 Å². The molecular weight excluding hydrogens is 368 g/mol. The first-order valence-corrected chi connectivity index (χ1v) is 9.41. The summed E-state index contributed by atoms with van der Waals surface area (Å²) in [6, 6.07) is 2.24. The van der Waals surface area contributed by atoms with E-state index in [9.17, 15) is 20.0 Å². The minimum absolute atomic E-state index is 0.0716. The Hall–Kier alpha value is -2.39. The minimum atomic E-state index is -0.606. The second-order valence-electron chi connectivity index (χ2n) is 6.88. The average Bonchev–Trinajstić information content (AvgIpc) is 3.15. The first-order valence-electron chi connectivity index (χ1n) is 9.41. The van der Waals surface area contributed by atoms with Crippen LogP contribution in [0, 0.1) is 10.1 Å². The lowest BCUT2D eigenvalue weighted by atomic mass is 10.1. The fourth-order valence-corrected chi connectivity index (χ4v) is 3.15. The van der Waals surface area contributed by atoms with Gasteiger partial charge in [0.1, 0.15) is 5.56 Å². The van der Waals surface area contributed by atoms with E-state index < -0.39 is 10.8 Å². The fraction of sp³-hybridized carbons (Fsp3) is 0.632. The molecule has 0 spiro atoms. The Bertz CT molecular complexity index is 693. The minimum Gasteiger partial charge on any atom is -0.493 e. The lowest BCUT2D eigenvalue weighted by Gasteiger charge is -2.23. The number of aliphatic hydroxyl groups is 1. The number of likely N-dealkylation sites (tertiary alicyclic amines) is 1. The largest absolute Gasteiger partial charge is 0.493 e. The highest BCUT2D eigenvalue weighted by Crippen LogP contribution is 2.36. The number of hydrogen-bond acceptors (Lipinski definition) is 7. The standard InChI is InChI=1S/C19H28N2O7/c1-13(2)27-8-5-9-28-18-11-16(21(24)25)15(10-17(18)26-3)19(23)20-7-4-6-14(20)12-22/h10-11,13-14,22H,4-9,12H2,1-3H3/t14-/m0/s1. The molecule has 156 valence electrons. The first-order chi connectivity index (χ1) is 13.4. The maximum Gasteiger partial charge on any atom is 0.286 e. The highest BCUT2D eigenvalue weighted by atomic mass is 16.6. The van der Waals surface area contributed by atoms with Crippen LogP contribution in [0.3, 0.4) is 0 Å². The number of carbonyl (C=O) groups excluding carboxylic acids is 1. The van der Waals surface area contributed by atoms with E-state index in [1.54, 1.807) is 0 Å². The van der Waals surface area contributed by atoms with Crippen LogP contribution in [0.25, 0.3) is 0 Å². The second kappa shape index (κ2) is 10.2. The second-order valence-corrected chi connectivity index (χ2v) is 6.88. The molecule has 0 aromatic heterocycles. The van der Waals surface area contributed by atoms with Crippen molar-refractivity contribution in [3.63, 3.8) is 0 Å². The van der Waals surface area contributed by atoms with Gasteiger partial charge in [-0.1, -0.05) is 0 Å². The van der Waals surface area contributed by atoms with Crippen LogP contribution in [0.1, 0.15) is 43.5 Å². The van der Waals surface area contributed by atoms with Crippen molar-refractivity contribution in [2.45, 2.75) is 45.3 Å². The Kier molecular flexibility index (Phi) is 8.01. The molecule has 1 aromatic carbocycles. The Morgan fingerprint density at radius 1 is 1.36 bits per heavy atom. The molecule has 1 aromatic rings. The molecule has 2 rings (SSSR count). The molecule has 1 heterocycles. The van der Waals surface area contributed by atoms with Gasteiger partial charge in [-0.2, -0.15) is 0 Å². The molecule has 1 amide bonds. The Labute approximate surface area is 164 Å². The Morgan fingerprint density at radius 2 is 2.11 bits per heavy atom. The Balaban J connectivity index is 2.22. The molecule has 0 aliphatic carbocycles. The van der Waals surface area contributed by atoms with E-state index in [0.717, 1.165) is 6.42 Å². The van der Waals surface area contributed by atoms with Crippen LogP contribution in [0.2, 0.25) is 0 Å². The number of nitro benzene ring substituents is 1. The van der Waals surface area contributed by atoms with E-state index in [-0.39, 0.29) is 41.5 Å². The zero-order chi connectivity index (χ0) is 20.7. The molecule has 1 N–H and O–H groups in total. The molecule has 0 unspecified atom stereocenters. The summed E-state index contributed by atoms with van der Waals surface area (Å²) >= 11 is 0. The summed E-state index contributed by atoms with van der Waals surface area (Å²) in [7, 11) is 1.41. The normalized spacial score (nSPS) is 16.5. The molecular formula is C19H28N2O7. The van der Waals surface area contributed by atoms with Crippen molar-refractivity contribution in [1.82, 2.24) is 4.90 Å². The summed E-state index contributed by atoms with van der Waals surface area (Å²) < 4.78 is 16.3. The lowest BCUT2D eigenvalue weighted by Crippen LogP contribution is -2.37. The van der Waals surface area contributed by atoms with Crippen molar-refractivity contribution in [2.24, 2.45) is 0 Å². The number of rotatable bonds is 10. The van der Waals surface area contributed by atoms with Crippen LogP contribution in [0.15, 0.2) is 12.1 Å². The van der Waals surface area contributed by atoms with Crippen molar-refractivity contribution in [2.75, 3.05) is 33.5 Å². The molecule has 1 saturated heterocycles. The maximum atomic E-state index is 12.9.